The fourth-order valence-electron chi connectivity index (χ4n) is 4.79. The monoisotopic (exact) mass is 430 g/mol. The van der Waals surface area contributed by atoms with Gasteiger partial charge in [-0.05, 0) is 37.0 Å². The highest BCUT2D eigenvalue weighted by atomic mass is 16.2. The number of benzene rings is 2. The Bertz CT molecular complexity index is 1130. The number of fused-ring (bicyclic) bond motifs is 5. The molecule has 32 heavy (non-hydrogen) atoms. The van der Waals surface area contributed by atoms with Crippen molar-refractivity contribution in [2.24, 2.45) is 0 Å². The summed E-state index contributed by atoms with van der Waals surface area (Å²) >= 11 is 0. The molecule has 0 unspecified atom stereocenters. The number of Topliss-reactive ketones (excluding diaryl/α,β-unsaturated/α-hetero) is 2. The zero-order chi connectivity index (χ0) is 22.7. The van der Waals surface area contributed by atoms with Crippen LogP contribution in [0.15, 0.2) is 42.5 Å². The number of ketones is 2. The van der Waals surface area contributed by atoms with Crippen molar-refractivity contribution in [2.45, 2.75) is 65.8 Å². The maximum Gasteiger partial charge on any atom is 0.250 e. The van der Waals surface area contributed by atoms with E-state index in [1.807, 2.05) is 18.2 Å². The molecule has 3 aromatic rings. The number of hydrogen-bond acceptors (Lipinski definition) is 3. The number of nitrogens with zero attached hydrogens (tertiary/aromatic N) is 2. The van der Waals surface area contributed by atoms with Crippen molar-refractivity contribution in [1.29, 1.82) is 0 Å². The Kier molecular flexibility index (Phi) is 6.78. The minimum absolute atomic E-state index is 0.374. The van der Waals surface area contributed by atoms with E-state index < -0.39 is 0 Å². The molecule has 4 heteroatoms. The van der Waals surface area contributed by atoms with E-state index in [4.69, 9.17) is 0 Å². The maximum absolute atomic E-state index is 13.3. The molecule has 4 rings (SSSR count). The van der Waals surface area contributed by atoms with Gasteiger partial charge < -0.3 is 9.47 Å². The largest absolute Gasteiger partial charge is 0.371 e. The van der Waals surface area contributed by atoms with Crippen LogP contribution in [0.2, 0.25) is 0 Å². The van der Waals surface area contributed by atoms with Crippen LogP contribution in [0.3, 0.4) is 0 Å². The van der Waals surface area contributed by atoms with Crippen LogP contribution in [0, 0.1) is 0 Å². The first-order chi connectivity index (χ1) is 15.6. The summed E-state index contributed by atoms with van der Waals surface area (Å²) in [5.41, 5.74) is 5.18. The quantitative estimate of drug-likeness (QED) is 0.329. The molecule has 1 aliphatic carbocycles. The standard InChI is InChI=1S/C28H34N2O2/c1-4-7-16-29(17-8-5-2)20-14-15-23-24(19-20)30(18-9-6-3)26-25(23)21-12-10-11-13-22(21)27(31)28(26)32/h10-15,19H,4-9,16-18H2,1-3H3. The number of hydrogen-bond donors (Lipinski definition) is 0. The van der Waals surface area contributed by atoms with Crippen LogP contribution in [0.1, 0.15) is 80.1 Å². The molecule has 1 aliphatic rings. The van der Waals surface area contributed by atoms with Gasteiger partial charge in [0.1, 0.15) is 5.69 Å². The number of carbonyl (C=O) groups excluding carboxylic acids is 2. The van der Waals surface area contributed by atoms with Gasteiger partial charge in [-0.1, -0.05) is 70.4 Å². The zero-order valence-corrected chi connectivity index (χ0v) is 19.6. The van der Waals surface area contributed by atoms with E-state index in [1.165, 1.54) is 18.5 Å². The second-order valence-corrected chi connectivity index (χ2v) is 8.83. The Morgan fingerprint density at radius 2 is 1.44 bits per heavy atom. The smallest absolute Gasteiger partial charge is 0.250 e. The lowest BCUT2D eigenvalue weighted by atomic mass is 9.86. The molecule has 168 valence electrons. The summed E-state index contributed by atoms with van der Waals surface area (Å²) in [4.78, 5) is 28.7. The third-order valence-electron chi connectivity index (χ3n) is 6.57. The van der Waals surface area contributed by atoms with Crippen LogP contribution in [0.5, 0.6) is 0 Å². The van der Waals surface area contributed by atoms with Crippen molar-refractivity contribution in [1.82, 2.24) is 4.57 Å². The topological polar surface area (TPSA) is 42.3 Å². The number of aromatic nitrogens is 1. The fraction of sp³-hybridized carbons (Fsp3) is 0.429. The second-order valence-electron chi connectivity index (χ2n) is 8.83. The van der Waals surface area contributed by atoms with Gasteiger partial charge >= 0.3 is 0 Å². The molecule has 0 N–H and O–H groups in total. The number of aryl methyl sites for hydroxylation is 1. The van der Waals surface area contributed by atoms with Gasteiger partial charge in [0, 0.05) is 41.8 Å². The first-order valence-electron chi connectivity index (χ1n) is 12.2. The predicted molar refractivity (Wildman–Crippen MR) is 133 cm³/mol. The van der Waals surface area contributed by atoms with Crippen molar-refractivity contribution < 1.29 is 9.59 Å². The molecule has 0 spiro atoms. The summed E-state index contributed by atoms with van der Waals surface area (Å²) in [6, 6.07) is 14.1. The average Bonchev–Trinajstić information content (AvgIpc) is 3.15. The normalized spacial score (nSPS) is 12.8. The van der Waals surface area contributed by atoms with Crippen LogP contribution in [0.25, 0.3) is 22.0 Å². The molecule has 0 fully saturated rings. The molecule has 0 radical (unpaired) electrons. The first kappa shape index (κ1) is 22.3. The van der Waals surface area contributed by atoms with E-state index in [2.05, 4.69) is 48.4 Å². The highest BCUT2D eigenvalue weighted by Crippen LogP contribution is 2.42. The minimum Gasteiger partial charge on any atom is -0.371 e. The van der Waals surface area contributed by atoms with E-state index in [0.29, 0.717) is 11.3 Å². The van der Waals surface area contributed by atoms with Gasteiger partial charge in [0.15, 0.2) is 0 Å². The molecule has 4 nitrogen and oxygen atoms in total. The summed E-state index contributed by atoms with van der Waals surface area (Å²) in [7, 11) is 0. The zero-order valence-electron chi connectivity index (χ0n) is 19.6. The molecule has 0 aliphatic heterocycles. The van der Waals surface area contributed by atoms with E-state index >= 15 is 0 Å². The third kappa shape index (κ3) is 3.87. The number of unbranched alkanes of at least 4 members (excludes halogenated alkanes) is 3. The molecule has 0 amide bonds. The summed E-state index contributed by atoms with van der Waals surface area (Å²) in [5, 5.41) is 1.07. The van der Waals surface area contributed by atoms with Gasteiger partial charge in [-0.25, -0.2) is 0 Å². The molecule has 1 aromatic heterocycles. The molecule has 0 saturated carbocycles. The lowest BCUT2D eigenvalue weighted by Crippen LogP contribution is -2.25. The van der Waals surface area contributed by atoms with Crippen molar-refractivity contribution in [3.05, 3.63) is 53.7 Å². The summed E-state index contributed by atoms with van der Waals surface area (Å²) < 4.78 is 2.12. The molecule has 1 heterocycles. The first-order valence-corrected chi connectivity index (χ1v) is 12.2. The highest BCUT2D eigenvalue weighted by molar-refractivity contribution is 6.53. The van der Waals surface area contributed by atoms with Gasteiger partial charge in [-0.15, -0.1) is 0 Å². The molecular weight excluding hydrogens is 396 g/mol. The molecule has 0 bridgehead atoms. The average molecular weight is 431 g/mol. The van der Waals surface area contributed by atoms with Gasteiger partial charge in [0.25, 0.3) is 5.78 Å². The number of anilines is 1. The minimum atomic E-state index is -0.388. The number of rotatable bonds is 10. The van der Waals surface area contributed by atoms with Crippen molar-refractivity contribution in [3.8, 4) is 11.1 Å². The van der Waals surface area contributed by atoms with Gasteiger partial charge in [0.05, 0.1) is 5.52 Å². The molecule has 2 aromatic carbocycles. The SMILES string of the molecule is CCCCN(CCCC)c1ccc2c3c(n(CCCC)c2c1)C(=O)C(=O)c1ccccc1-3. The number of carbonyl (C=O) groups is 2. The Balaban J connectivity index is 1.92. The molecule has 0 saturated heterocycles. The van der Waals surface area contributed by atoms with Crippen molar-refractivity contribution in [3.63, 3.8) is 0 Å². The molecular formula is C28H34N2O2. The molecule has 0 atom stereocenters. The third-order valence-corrected chi connectivity index (χ3v) is 6.57. The van der Waals surface area contributed by atoms with E-state index in [-0.39, 0.29) is 11.6 Å². The van der Waals surface area contributed by atoms with Crippen molar-refractivity contribution in [2.75, 3.05) is 18.0 Å². The van der Waals surface area contributed by atoms with E-state index in [9.17, 15) is 9.59 Å². The van der Waals surface area contributed by atoms with Crippen molar-refractivity contribution >= 4 is 28.2 Å². The predicted octanol–water partition coefficient (Wildman–Crippen LogP) is 6.89. The van der Waals surface area contributed by atoms with Gasteiger partial charge in [-0.2, -0.15) is 0 Å². The van der Waals surface area contributed by atoms with E-state index in [1.54, 1.807) is 6.07 Å². The van der Waals surface area contributed by atoms with Crippen LogP contribution in [-0.4, -0.2) is 29.2 Å². The Labute approximate surface area is 191 Å². The van der Waals surface area contributed by atoms with E-state index in [0.717, 1.165) is 67.3 Å². The second kappa shape index (κ2) is 9.72. The Morgan fingerprint density at radius 1 is 0.781 bits per heavy atom. The van der Waals surface area contributed by atoms with Crippen LogP contribution in [0.4, 0.5) is 5.69 Å². The van der Waals surface area contributed by atoms with Crippen LogP contribution in [-0.2, 0) is 6.54 Å². The highest BCUT2D eigenvalue weighted by Gasteiger charge is 2.35. The van der Waals surface area contributed by atoms with Gasteiger partial charge in [-0.3, -0.25) is 9.59 Å². The van der Waals surface area contributed by atoms with Gasteiger partial charge in [0.2, 0.25) is 5.78 Å². The lowest BCUT2D eigenvalue weighted by molar-refractivity contribution is 0.0810. The summed E-state index contributed by atoms with van der Waals surface area (Å²) in [6.45, 7) is 9.44. The van der Waals surface area contributed by atoms with Crippen LogP contribution >= 0.6 is 0 Å². The lowest BCUT2D eigenvalue weighted by Gasteiger charge is -2.25. The maximum atomic E-state index is 13.3. The van der Waals surface area contributed by atoms with Crippen LogP contribution < -0.4 is 4.90 Å². The summed E-state index contributed by atoms with van der Waals surface area (Å²) in [6.07, 6.45) is 6.66. The Morgan fingerprint density at radius 3 is 2.09 bits per heavy atom. The fourth-order valence-corrected chi connectivity index (χ4v) is 4.79. The Hall–Kier alpha value is -2.88. The summed E-state index contributed by atoms with van der Waals surface area (Å²) in [5.74, 6) is -0.761.